The molecule has 0 heterocycles. The monoisotopic (exact) mass is 436 g/mol. The third kappa shape index (κ3) is 3.53. The van der Waals surface area contributed by atoms with Gasteiger partial charge in [0.1, 0.15) is 5.25 Å². The lowest BCUT2D eigenvalue weighted by atomic mass is 9.99. The number of hydrogen-bond donors (Lipinski definition) is 0. The summed E-state index contributed by atoms with van der Waals surface area (Å²) >= 11 is 5.88. The fourth-order valence-electron chi connectivity index (χ4n) is 3.72. The molecule has 0 bridgehead atoms. The zero-order valence-electron chi connectivity index (χ0n) is 16.0. The van der Waals surface area contributed by atoms with Gasteiger partial charge in [0.2, 0.25) is 0 Å². The van der Waals surface area contributed by atoms with Crippen LogP contribution in [-0.4, -0.2) is 38.8 Å². The highest BCUT2D eigenvalue weighted by molar-refractivity contribution is 7.92. The van der Waals surface area contributed by atoms with Gasteiger partial charge in [0, 0.05) is 10.9 Å². The smallest absolute Gasteiger partial charge is 0.325 e. The van der Waals surface area contributed by atoms with Crippen molar-refractivity contribution in [3.8, 4) is 0 Å². The van der Waals surface area contributed by atoms with Crippen molar-refractivity contribution in [2.24, 2.45) is 5.41 Å². The maximum absolute atomic E-state index is 13.5. The van der Waals surface area contributed by atoms with Crippen molar-refractivity contribution in [1.29, 1.82) is 0 Å². The van der Waals surface area contributed by atoms with E-state index in [1.54, 1.807) is 44.2 Å². The second-order valence-electron chi connectivity index (χ2n) is 6.62. The molecule has 154 valence electrons. The van der Waals surface area contributed by atoms with Crippen LogP contribution >= 0.6 is 11.6 Å². The van der Waals surface area contributed by atoms with E-state index in [-0.39, 0.29) is 18.1 Å². The Hall–Kier alpha value is -2.38. The van der Waals surface area contributed by atoms with Crippen LogP contribution in [0, 0.1) is 5.41 Å². The molecular formula is C21H21ClO6S. The topological polar surface area (TPSA) is 86.7 Å². The maximum atomic E-state index is 13.5. The van der Waals surface area contributed by atoms with Crippen LogP contribution in [0.15, 0.2) is 59.5 Å². The largest absolute Gasteiger partial charge is 0.465 e. The van der Waals surface area contributed by atoms with E-state index in [1.807, 2.05) is 0 Å². The first-order chi connectivity index (χ1) is 13.8. The first-order valence-electron chi connectivity index (χ1n) is 9.20. The molecule has 1 aliphatic carbocycles. The number of halogens is 1. The number of benzene rings is 2. The molecule has 0 radical (unpaired) electrons. The summed E-state index contributed by atoms with van der Waals surface area (Å²) in [6.45, 7) is 3.21. The molecule has 1 aliphatic rings. The summed E-state index contributed by atoms with van der Waals surface area (Å²) in [5, 5.41) is -0.960. The molecule has 1 fully saturated rings. The zero-order chi connectivity index (χ0) is 21.2. The molecule has 0 N–H and O–H groups in total. The van der Waals surface area contributed by atoms with Crippen LogP contribution in [-0.2, 0) is 28.9 Å². The Morgan fingerprint density at radius 3 is 1.93 bits per heavy atom. The Morgan fingerprint density at radius 2 is 1.45 bits per heavy atom. The van der Waals surface area contributed by atoms with E-state index in [4.69, 9.17) is 21.1 Å². The van der Waals surface area contributed by atoms with Crippen LogP contribution in [0.2, 0.25) is 5.02 Å². The molecule has 0 aliphatic heterocycles. The summed E-state index contributed by atoms with van der Waals surface area (Å²) < 4.78 is 37.2. The summed E-state index contributed by atoms with van der Waals surface area (Å²) in [5.41, 5.74) is -1.40. The second kappa shape index (κ2) is 8.16. The minimum Gasteiger partial charge on any atom is -0.465 e. The van der Waals surface area contributed by atoms with Crippen molar-refractivity contribution in [2.45, 2.75) is 29.9 Å². The first kappa shape index (κ1) is 21.3. The Morgan fingerprint density at radius 1 is 0.931 bits per heavy atom. The molecule has 8 heteroatoms. The van der Waals surface area contributed by atoms with Gasteiger partial charge in [0.05, 0.1) is 18.1 Å². The average molecular weight is 437 g/mol. The van der Waals surface area contributed by atoms with Crippen molar-refractivity contribution in [1.82, 2.24) is 0 Å². The number of carbonyl (C=O) groups is 2. The molecule has 6 nitrogen and oxygen atoms in total. The summed E-state index contributed by atoms with van der Waals surface area (Å²) in [6, 6.07) is 14.2. The Balaban J connectivity index is 2.18. The van der Waals surface area contributed by atoms with E-state index < -0.39 is 38.4 Å². The van der Waals surface area contributed by atoms with E-state index in [0.717, 1.165) is 0 Å². The van der Waals surface area contributed by atoms with E-state index in [2.05, 4.69) is 0 Å². The van der Waals surface area contributed by atoms with Crippen LogP contribution in [0.1, 0.15) is 25.3 Å². The van der Waals surface area contributed by atoms with E-state index in [9.17, 15) is 18.0 Å². The van der Waals surface area contributed by atoms with Crippen LogP contribution < -0.4 is 0 Å². The molecule has 0 spiro atoms. The minimum atomic E-state index is -4.07. The Bertz CT molecular complexity index is 983. The van der Waals surface area contributed by atoms with Crippen molar-refractivity contribution in [3.05, 3.63) is 65.2 Å². The molecule has 2 aromatic rings. The first-order valence-corrected chi connectivity index (χ1v) is 11.1. The number of carbonyl (C=O) groups excluding carboxylic acids is 2. The Labute approximate surface area is 174 Å². The maximum Gasteiger partial charge on any atom is 0.325 e. The average Bonchev–Trinajstić information content (AvgIpc) is 3.42. The molecule has 0 saturated heterocycles. The van der Waals surface area contributed by atoms with Gasteiger partial charge < -0.3 is 9.47 Å². The van der Waals surface area contributed by atoms with Crippen LogP contribution in [0.4, 0.5) is 0 Å². The molecule has 2 aromatic carbocycles. The summed E-state index contributed by atoms with van der Waals surface area (Å²) in [5.74, 6) is -2.70. The minimum absolute atomic E-state index is 0.00914. The lowest BCUT2D eigenvalue weighted by molar-refractivity contribution is -0.164. The molecule has 29 heavy (non-hydrogen) atoms. The Kier molecular flexibility index (Phi) is 6.00. The van der Waals surface area contributed by atoms with Gasteiger partial charge in [0.15, 0.2) is 15.3 Å². The SMILES string of the molecule is CCOC(=O)C1(C(=O)OCC)[C@@H](c2ccccc2)[C@@H]1S(=O)(=O)c1ccc(Cl)cc1. The highest BCUT2D eigenvalue weighted by Crippen LogP contribution is 2.65. The van der Waals surface area contributed by atoms with Crippen molar-refractivity contribution < 1.29 is 27.5 Å². The van der Waals surface area contributed by atoms with Crippen LogP contribution in [0.25, 0.3) is 0 Å². The highest BCUT2D eigenvalue weighted by atomic mass is 35.5. The number of rotatable bonds is 7. The van der Waals surface area contributed by atoms with Crippen molar-refractivity contribution in [3.63, 3.8) is 0 Å². The van der Waals surface area contributed by atoms with Crippen molar-refractivity contribution >= 4 is 33.4 Å². The quantitative estimate of drug-likeness (QED) is 0.488. The number of ether oxygens (including phenoxy) is 2. The number of hydrogen-bond acceptors (Lipinski definition) is 6. The van der Waals surface area contributed by atoms with E-state index in [0.29, 0.717) is 10.6 Å². The van der Waals surface area contributed by atoms with Gasteiger partial charge in [-0.15, -0.1) is 0 Å². The predicted octanol–water partition coefficient (Wildman–Crippen LogP) is 3.39. The van der Waals surface area contributed by atoms with Gasteiger partial charge in [0.25, 0.3) is 0 Å². The van der Waals surface area contributed by atoms with Gasteiger partial charge in [-0.05, 0) is 43.7 Å². The van der Waals surface area contributed by atoms with Gasteiger partial charge in [-0.3, -0.25) is 9.59 Å². The molecule has 1 saturated carbocycles. The van der Waals surface area contributed by atoms with Gasteiger partial charge in [-0.1, -0.05) is 41.9 Å². The van der Waals surface area contributed by atoms with Gasteiger partial charge >= 0.3 is 11.9 Å². The van der Waals surface area contributed by atoms with Crippen molar-refractivity contribution in [2.75, 3.05) is 13.2 Å². The molecule has 0 unspecified atom stereocenters. The highest BCUT2D eigenvalue weighted by Gasteiger charge is 2.81. The lowest BCUT2D eigenvalue weighted by Gasteiger charge is -2.15. The number of esters is 2. The predicted molar refractivity (Wildman–Crippen MR) is 107 cm³/mol. The molecule has 3 rings (SSSR count). The number of sulfone groups is 1. The molecule has 2 atom stereocenters. The standard InChI is InChI=1S/C21H21ClO6S/c1-3-27-19(23)21(20(24)28-4-2)17(14-8-6-5-7-9-14)18(21)29(25,26)16-12-10-15(22)11-13-16/h5-13,17-18H,3-4H2,1-2H3/t17-,18-/m0/s1. The van der Waals surface area contributed by atoms with Crippen LogP contribution in [0.5, 0.6) is 0 Å². The second-order valence-corrected chi connectivity index (χ2v) is 9.12. The normalized spacial score (nSPS) is 20.0. The third-order valence-corrected chi connectivity index (χ3v) is 7.49. The molecule has 0 aromatic heterocycles. The van der Waals surface area contributed by atoms with Crippen LogP contribution in [0.3, 0.4) is 0 Å². The fraction of sp³-hybridized carbons (Fsp3) is 0.333. The van der Waals surface area contributed by atoms with Gasteiger partial charge in [-0.2, -0.15) is 0 Å². The summed E-state index contributed by atoms with van der Waals surface area (Å²) in [6.07, 6.45) is 0. The summed E-state index contributed by atoms with van der Waals surface area (Å²) in [7, 11) is -4.07. The fourth-order valence-corrected chi connectivity index (χ4v) is 6.13. The molecule has 0 amide bonds. The summed E-state index contributed by atoms with van der Waals surface area (Å²) in [4.78, 5) is 25.9. The van der Waals surface area contributed by atoms with E-state index >= 15 is 0 Å². The van der Waals surface area contributed by atoms with E-state index in [1.165, 1.54) is 24.3 Å². The third-order valence-electron chi connectivity index (χ3n) is 4.99. The molecular weight excluding hydrogens is 416 g/mol. The lowest BCUT2D eigenvalue weighted by Crippen LogP contribution is -2.35. The zero-order valence-corrected chi connectivity index (χ0v) is 17.6. The van der Waals surface area contributed by atoms with Gasteiger partial charge in [-0.25, -0.2) is 8.42 Å².